The number of esters is 2. The molecule has 1 fully saturated rings. The first kappa shape index (κ1) is 32.0. The van der Waals surface area contributed by atoms with Crippen LogP contribution in [0.3, 0.4) is 0 Å². The van der Waals surface area contributed by atoms with Gasteiger partial charge in [0.25, 0.3) is 0 Å². The van der Waals surface area contributed by atoms with E-state index in [-0.39, 0.29) is 25.3 Å². The monoisotopic (exact) mass is 630 g/mol. The van der Waals surface area contributed by atoms with Crippen molar-refractivity contribution in [1.29, 1.82) is 0 Å². The van der Waals surface area contributed by atoms with Gasteiger partial charge in [-0.3, -0.25) is 15.0 Å². The molecule has 2 aromatic carbocycles. The molecule has 1 aliphatic heterocycles. The molecule has 0 bridgehead atoms. The van der Waals surface area contributed by atoms with Crippen LogP contribution < -0.4 is 10.2 Å². The number of rotatable bonds is 10. The van der Waals surface area contributed by atoms with Crippen LogP contribution in [0.2, 0.25) is 0 Å². The molecule has 14 heteroatoms. The molecule has 5 rings (SSSR count). The Balaban J connectivity index is 1.41. The molecule has 14 nitrogen and oxygen atoms in total. The summed E-state index contributed by atoms with van der Waals surface area (Å²) in [5, 5.41) is 10.7. The molecule has 0 spiro atoms. The Bertz CT molecular complexity index is 1690. The third kappa shape index (κ3) is 7.82. The van der Waals surface area contributed by atoms with Crippen molar-refractivity contribution < 1.29 is 38.2 Å². The van der Waals surface area contributed by atoms with Gasteiger partial charge in [-0.15, -0.1) is 5.10 Å². The van der Waals surface area contributed by atoms with E-state index in [9.17, 15) is 19.2 Å². The fourth-order valence-electron chi connectivity index (χ4n) is 4.83. The number of benzene rings is 2. The highest BCUT2D eigenvalue weighted by Crippen LogP contribution is 2.31. The van der Waals surface area contributed by atoms with Gasteiger partial charge in [-0.25, -0.2) is 19.4 Å². The van der Waals surface area contributed by atoms with Crippen LogP contribution in [0.5, 0.6) is 0 Å². The minimum Gasteiger partial charge on any atom is -0.460 e. The predicted molar refractivity (Wildman–Crippen MR) is 161 cm³/mol. The molecule has 4 aromatic rings. The second-order valence-corrected chi connectivity index (χ2v) is 11.7. The summed E-state index contributed by atoms with van der Waals surface area (Å²) in [4.78, 5) is 65.5. The Hall–Kier alpha value is -5.37. The van der Waals surface area contributed by atoms with Crippen LogP contribution in [0.4, 0.5) is 4.79 Å². The molecule has 0 aliphatic carbocycles. The topological polar surface area (TPSA) is 164 Å². The fraction of sp³-hybridized carbons (Fsp3) is 0.344. The lowest BCUT2D eigenvalue weighted by Gasteiger charge is -2.27. The van der Waals surface area contributed by atoms with Crippen LogP contribution in [0.15, 0.2) is 79.0 Å². The Morgan fingerprint density at radius 1 is 0.913 bits per heavy atom. The highest BCUT2D eigenvalue weighted by molar-refractivity contribution is 5.90. The van der Waals surface area contributed by atoms with Crippen molar-refractivity contribution in [3.8, 4) is 0 Å². The highest BCUT2D eigenvalue weighted by atomic mass is 16.7. The molecule has 1 saturated heterocycles. The summed E-state index contributed by atoms with van der Waals surface area (Å²) in [6, 6.07) is 20.1. The van der Waals surface area contributed by atoms with Gasteiger partial charge in [0, 0.05) is 12.6 Å². The van der Waals surface area contributed by atoms with Gasteiger partial charge < -0.3 is 19.0 Å². The van der Waals surface area contributed by atoms with Gasteiger partial charge in [-0.2, -0.15) is 0 Å². The normalized spacial score (nSPS) is 17.8. The molecule has 1 N–H and O–H groups in total. The third-order valence-electron chi connectivity index (χ3n) is 7.03. The quantitative estimate of drug-likeness (QED) is 0.155. The molecule has 2 aromatic heterocycles. The minimum atomic E-state index is -1.80. The number of carbonyl (C=O) groups excluding carboxylic acids is 4. The number of fused-ring (bicyclic) bond motifs is 1. The van der Waals surface area contributed by atoms with E-state index in [2.05, 4.69) is 20.6 Å². The van der Waals surface area contributed by atoms with E-state index in [4.69, 9.17) is 19.0 Å². The van der Waals surface area contributed by atoms with E-state index in [1.165, 1.54) is 6.20 Å². The first-order chi connectivity index (χ1) is 22.0. The number of hydrogen-bond acceptors (Lipinski definition) is 12. The number of nitrogens with zero attached hydrogens (tertiary/aromatic N) is 5. The summed E-state index contributed by atoms with van der Waals surface area (Å²) < 4.78 is 16.5. The number of likely N-dealkylation sites (tertiary alicyclic amines) is 1. The van der Waals surface area contributed by atoms with Crippen LogP contribution in [0, 0.1) is 0 Å². The molecule has 3 heterocycles. The fourth-order valence-corrected chi connectivity index (χ4v) is 4.83. The van der Waals surface area contributed by atoms with Gasteiger partial charge in [-0.1, -0.05) is 60.7 Å². The van der Waals surface area contributed by atoms with Crippen molar-refractivity contribution in [2.75, 3.05) is 13.1 Å². The lowest BCUT2D eigenvalue weighted by Crippen LogP contribution is -2.58. The molecular formula is C32H34N6O8. The SMILES string of the molecule is CC(C)(C)OC(=O)[C@@H]1C[C@@](NCC(=O)OCc2ccccc2)(C(=O)On2nnc3cccnc32)CN1C(=O)OCc1ccccc1. The average molecular weight is 631 g/mol. The number of pyridine rings is 1. The maximum absolute atomic E-state index is 14.0. The largest absolute Gasteiger partial charge is 0.460 e. The van der Waals surface area contributed by atoms with Gasteiger partial charge in [0.05, 0.1) is 13.1 Å². The standard InChI is InChI=1S/C32H34N6O8/c1-31(2,3)45-28(40)25-17-32(34-18-26(39)43-19-22-11-6-4-7-12-22,21-37(25)30(42)44-20-23-13-8-5-9-14-23)29(41)46-38-27-24(35-36-38)15-10-16-33-27/h4-16,25,34H,17-21H2,1-3H3/t25-,32-/m0/s1. The maximum Gasteiger partial charge on any atom is 0.410 e. The first-order valence-electron chi connectivity index (χ1n) is 14.6. The van der Waals surface area contributed by atoms with Gasteiger partial charge in [0.2, 0.25) is 5.65 Å². The van der Waals surface area contributed by atoms with Gasteiger partial charge in [0.1, 0.15) is 35.9 Å². The number of hydrogen-bond donors (Lipinski definition) is 1. The lowest BCUT2D eigenvalue weighted by atomic mass is 9.95. The Morgan fingerprint density at radius 2 is 1.57 bits per heavy atom. The molecule has 1 amide bonds. The van der Waals surface area contributed by atoms with E-state index < -0.39 is 54.3 Å². The molecule has 46 heavy (non-hydrogen) atoms. The zero-order valence-corrected chi connectivity index (χ0v) is 25.6. The lowest BCUT2D eigenvalue weighted by molar-refractivity contribution is -0.160. The van der Waals surface area contributed by atoms with Crippen LogP contribution >= 0.6 is 0 Å². The molecule has 0 radical (unpaired) electrons. The van der Waals surface area contributed by atoms with E-state index in [1.807, 2.05) is 24.3 Å². The zero-order valence-electron chi connectivity index (χ0n) is 25.6. The maximum atomic E-state index is 14.0. The van der Waals surface area contributed by atoms with Crippen LogP contribution in [0.25, 0.3) is 11.2 Å². The van der Waals surface area contributed by atoms with Crippen molar-refractivity contribution in [3.05, 3.63) is 90.1 Å². The second-order valence-electron chi connectivity index (χ2n) is 11.7. The predicted octanol–water partition coefficient (Wildman–Crippen LogP) is 2.61. The summed E-state index contributed by atoms with van der Waals surface area (Å²) in [5.41, 5.74) is -0.678. The highest BCUT2D eigenvalue weighted by Gasteiger charge is 2.56. The second kappa shape index (κ2) is 13.7. The van der Waals surface area contributed by atoms with E-state index in [1.54, 1.807) is 69.3 Å². The van der Waals surface area contributed by atoms with Gasteiger partial charge >= 0.3 is 24.0 Å². The van der Waals surface area contributed by atoms with E-state index in [0.29, 0.717) is 5.52 Å². The van der Waals surface area contributed by atoms with Gasteiger partial charge in [-0.05, 0) is 54.1 Å². The molecule has 0 unspecified atom stereocenters. The third-order valence-corrected chi connectivity index (χ3v) is 7.03. The molecule has 240 valence electrons. The summed E-state index contributed by atoms with van der Waals surface area (Å²) in [7, 11) is 0. The van der Waals surface area contributed by atoms with Crippen molar-refractivity contribution in [3.63, 3.8) is 0 Å². The zero-order chi connectivity index (χ0) is 32.7. The number of aromatic nitrogens is 4. The minimum absolute atomic E-state index is 0.00782. The van der Waals surface area contributed by atoms with E-state index in [0.717, 1.165) is 20.9 Å². The number of carbonyl (C=O) groups is 4. The molecule has 0 saturated carbocycles. The Morgan fingerprint density at radius 3 is 2.22 bits per heavy atom. The smallest absolute Gasteiger partial charge is 0.410 e. The van der Waals surface area contributed by atoms with Gasteiger partial charge in [0.15, 0.2) is 0 Å². The van der Waals surface area contributed by atoms with E-state index >= 15 is 0 Å². The number of nitrogens with one attached hydrogen (secondary N) is 1. The molecular weight excluding hydrogens is 596 g/mol. The Kier molecular flexibility index (Phi) is 9.56. The number of amides is 1. The Labute approximate surface area is 264 Å². The summed E-state index contributed by atoms with van der Waals surface area (Å²) in [6.45, 7) is 4.12. The number of ether oxygens (including phenoxy) is 3. The van der Waals surface area contributed by atoms with Crippen molar-refractivity contribution in [2.45, 2.75) is 57.6 Å². The summed E-state index contributed by atoms with van der Waals surface area (Å²) in [6.07, 6.45) is 0.300. The average Bonchev–Trinajstić information content (AvgIpc) is 3.65. The summed E-state index contributed by atoms with van der Waals surface area (Å²) in [5.74, 6) is -2.39. The first-order valence-corrected chi connectivity index (χ1v) is 14.6. The van der Waals surface area contributed by atoms with Crippen LogP contribution in [-0.4, -0.2) is 79.3 Å². The molecule has 2 atom stereocenters. The van der Waals surface area contributed by atoms with Crippen molar-refractivity contribution >= 4 is 35.2 Å². The van der Waals surface area contributed by atoms with Crippen molar-refractivity contribution in [1.82, 2.24) is 30.4 Å². The molecule has 1 aliphatic rings. The van der Waals surface area contributed by atoms with Crippen LogP contribution in [0.1, 0.15) is 38.3 Å². The summed E-state index contributed by atoms with van der Waals surface area (Å²) >= 11 is 0. The van der Waals surface area contributed by atoms with Crippen molar-refractivity contribution in [2.24, 2.45) is 0 Å². The van der Waals surface area contributed by atoms with Crippen LogP contribution in [-0.2, 0) is 41.8 Å².